The molecule has 0 unspecified atom stereocenters. The number of carbonyl (C=O) groups is 1. The van der Waals surface area contributed by atoms with E-state index in [-0.39, 0.29) is 0 Å². The fourth-order valence-electron chi connectivity index (χ4n) is 0.755. The fourth-order valence-corrected chi connectivity index (χ4v) is 0.755. The van der Waals surface area contributed by atoms with E-state index >= 15 is 0 Å². The molecule has 0 spiro atoms. The lowest BCUT2D eigenvalue weighted by atomic mass is 10.2. The van der Waals surface area contributed by atoms with E-state index in [1.807, 2.05) is 19.1 Å². The second-order valence-electron chi connectivity index (χ2n) is 2.71. The monoisotopic (exact) mass is 193 g/mol. The molecular weight excluding hydrogens is 182 g/mol. The second-order valence-corrected chi connectivity index (χ2v) is 2.71. The molecule has 1 aromatic carbocycles. The van der Waals surface area contributed by atoms with Crippen LogP contribution in [0.4, 0.5) is 10.5 Å². The van der Waals surface area contributed by atoms with Gasteiger partial charge in [-0.15, -0.1) is 10.2 Å². The molecule has 6 heteroatoms. The Morgan fingerprint density at radius 1 is 1.36 bits per heavy atom. The van der Waals surface area contributed by atoms with E-state index in [9.17, 15) is 4.79 Å². The molecule has 1 aromatic rings. The van der Waals surface area contributed by atoms with Gasteiger partial charge < -0.3 is 5.73 Å². The number of nitrogens with zero attached hydrogens (tertiary/aromatic N) is 3. The molecule has 2 amide bonds. The molecule has 1 rings (SSSR count). The Balaban J connectivity index is 2.69. The first-order valence-electron chi connectivity index (χ1n) is 3.92. The van der Waals surface area contributed by atoms with Crippen molar-refractivity contribution < 1.29 is 4.79 Å². The third-order valence-corrected chi connectivity index (χ3v) is 1.52. The molecule has 74 valence electrons. The van der Waals surface area contributed by atoms with Crippen LogP contribution in [0.1, 0.15) is 5.56 Å². The van der Waals surface area contributed by atoms with E-state index in [1.54, 1.807) is 12.1 Å². The molecule has 6 nitrogen and oxygen atoms in total. The summed E-state index contributed by atoms with van der Waals surface area (Å²) < 4.78 is 0. The summed E-state index contributed by atoms with van der Waals surface area (Å²) in [5, 5.41) is 7.55. The number of rotatable bonds is 2. The van der Waals surface area contributed by atoms with E-state index in [4.69, 9.17) is 11.6 Å². The highest BCUT2D eigenvalue weighted by Crippen LogP contribution is 2.12. The number of carbonyl (C=O) groups excluding carboxylic acids is 1. The molecule has 0 aliphatic carbocycles. The maximum Gasteiger partial charge on any atom is 0.351 e. The van der Waals surface area contributed by atoms with Crippen LogP contribution in [0, 0.1) is 6.92 Å². The van der Waals surface area contributed by atoms with Crippen molar-refractivity contribution in [2.24, 2.45) is 21.9 Å². The van der Waals surface area contributed by atoms with Gasteiger partial charge in [0.1, 0.15) is 0 Å². The third-order valence-electron chi connectivity index (χ3n) is 1.52. The van der Waals surface area contributed by atoms with Crippen molar-refractivity contribution in [3.05, 3.63) is 29.8 Å². The van der Waals surface area contributed by atoms with Gasteiger partial charge in [0.2, 0.25) is 0 Å². The van der Waals surface area contributed by atoms with Crippen molar-refractivity contribution in [3.8, 4) is 0 Å². The van der Waals surface area contributed by atoms with E-state index in [0.29, 0.717) is 10.8 Å². The van der Waals surface area contributed by atoms with Crippen molar-refractivity contribution >= 4 is 11.7 Å². The number of hydrazine groups is 1. The normalized spacial score (nSPS) is 10.4. The minimum atomic E-state index is -0.860. The Bertz CT molecular complexity index is 345. The van der Waals surface area contributed by atoms with Gasteiger partial charge in [0.05, 0.1) is 5.69 Å². The van der Waals surface area contributed by atoms with Crippen LogP contribution in [0.25, 0.3) is 0 Å². The van der Waals surface area contributed by atoms with Crippen molar-refractivity contribution in [1.29, 1.82) is 0 Å². The van der Waals surface area contributed by atoms with Crippen LogP contribution >= 0.6 is 0 Å². The van der Waals surface area contributed by atoms with Crippen molar-refractivity contribution in [2.45, 2.75) is 6.92 Å². The summed E-state index contributed by atoms with van der Waals surface area (Å²) in [6.45, 7) is 1.96. The molecule has 0 fully saturated rings. The van der Waals surface area contributed by atoms with Crippen LogP contribution < -0.4 is 11.6 Å². The Kier molecular flexibility index (Phi) is 3.14. The van der Waals surface area contributed by atoms with Crippen LogP contribution in [0.2, 0.25) is 0 Å². The minimum absolute atomic E-state index is 0.472. The van der Waals surface area contributed by atoms with Gasteiger partial charge in [-0.25, -0.2) is 10.6 Å². The highest BCUT2D eigenvalue weighted by Gasteiger charge is 1.99. The zero-order valence-electron chi connectivity index (χ0n) is 7.71. The van der Waals surface area contributed by atoms with Crippen molar-refractivity contribution in [3.63, 3.8) is 0 Å². The minimum Gasteiger partial charge on any atom is -0.349 e. The molecule has 0 aliphatic heterocycles. The van der Waals surface area contributed by atoms with Gasteiger partial charge in [0, 0.05) is 0 Å². The summed E-state index contributed by atoms with van der Waals surface area (Å²) in [4.78, 5) is 10.4. The molecule has 0 radical (unpaired) electrons. The number of urea groups is 1. The molecule has 4 N–H and O–H groups in total. The number of aryl methyl sites for hydroxylation is 1. The number of hydrogen-bond acceptors (Lipinski definition) is 4. The standard InChI is InChI=1S/C8H11N5O/c1-6-2-4-7(5-3-6)11-12-13(10)8(9)14/h2-5H,10H2,1H3,(H2,9,14). The summed E-state index contributed by atoms with van der Waals surface area (Å²) in [7, 11) is 0. The molecular formula is C8H11N5O. The van der Waals surface area contributed by atoms with Crippen molar-refractivity contribution in [1.82, 2.24) is 5.12 Å². The van der Waals surface area contributed by atoms with Gasteiger partial charge >= 0.3 is 6.03 Å². The Hall–Kier alpha value is -1.95. The molecule has 0 heterocycles. The van der Waals surface area contributed by atoms with Gasteiger partial charge in [0.15, 0.2) is 0 Å². The molecule has 0 saturated heterocycles. The number of nitrogens with two attached hydrogens (primary N) is 2. The average molecular weight is 193 g/mol. The molecule has 14 heavy (non-hydrogen) atoms. The van der Waals surface area contributed by atoms with Gasteiger partial charge in [0.25, 0.3) is 0 Å². The number of primary amides is 1. The maximum absolute atomic E-state index is 10.4. The largest absolute Gasteiger partial charge is 0.351 e. The van der Waals surface area contributed by atoms with E-state index in [0.717, 1.165) is 5.56 Å². The first-order valence-corrected chi connectivity index (χ1v) is 3.92. The average Bonchev–Trinajstić information content (AvgIpc) is 2.16. The molecule has 0 aromatic heterocycles. The van der Waals surface area contributed by atoms with Gasteiger partial charge in [-0.2, -0.15) is 0 Å². The Labute approximate surface area is 81.1 Å². The lowest BCUT2D eigenvalue weighted by Crippen LogP contribution is -2.36. The van der Waals surface area contributed by atoms with Crippen LogP contribution in [0.5, 0.6) is 0 Å². The van der Waals surface area contributed by atoms with E-state index in [1.165, 1.54) is 0 Å². The highest BCUT2D eigenvalue weighted by atomic mass is 16.2. The number of hydrogen-bond donors (Lipinski definition) is 2. The Morgan fingerprint density at radius 3 is 2.43 bits per heavy atom. The SMILES string of the molecule is Cc1ccc(N=NN(N)C(N)=O)cc1. The quantitative estimate of drug-likeness (QED) is 0.320. The zero-order chi connectivity index (χ0) is 10.6. The van der Waals surface area contributed by atoms with Crippen LogP contribution in [-0.4, -0.2) is 11.1 Å². The zero-order valence-corrected chi connectivity index (χ0v) is 7.71. The first kappa shape index (κ1) is 10.1. The lowest BCUT2D eigenvalue weighted by molar-refractivity contribution is 0.207. The summed E-state index contributed by atoms with van der Waals surface area (Å²) >= 11 is 0. The topological polar surface area (TPSA) is 97.1 Å². The number of benzene rings is 1. The first-order chi connectivity index (χ1) is 6.59. The van der Waals surface area contributed by atoms with Gasteiger partial charge in [-0.1, -0.05) is 17.7 Å². The lowest BCUT2D eigenvalue weighted by Gasteiger charge is -2.02. The summed E-state index contributed by atoms with van der Waals surface area (Å²) in [6, 6.07) is 6.40. The van der Waals surface area contributed by atoms with E-state index in [2.05, 4.69) is 10.3 Å². The smallest absolute Gasteiger partial charge is 0.349 e. The second kappa shape index (κ2) is 4.33. The van der Waals surface area contributed by atoms with Crippen molar-refractivity contribution in [2.75, 3.05) is 0 Å². The van der Waals surface area contributed by atoms with Crippen LogP contribution in [-0.2, 0) is 0 Å². The fraction of sp³-hybridized carbons (Fsp3) is 0.125. The Morgan fingerprint density at radius 2 is 1.93 bits per heavy atom. The summed E-state index contributed by atoms with van der Waals surface area (Å²) in [5.74, 6) is 5.09. The molecule has 0 saturated carbocycles. The summed E-state index contributed by atoms with van der Waals surface area (Å²) in [5.41, 5.74) is 6.55. The number of amides is 2. The summed E-state index contributed by atoms with van der Waals surface area (Å²) in [6.07, 6.45) is 0. The van der Waals surface area contributed by atoms with E-state index < -0.39 is 6.03 Å². The molecule has 0 aliphatic rings. The highest BCUT2D eigenvalue weighted by molar-refractivity contribution is 5.70. The molecule has 0 bridgehead atoms. The molecule has 0 atom stereocenters. The van der Waals surface area contributed by atoms with Crippen LogP contribution in [0.15, 0.2) is 34.6 Å². The maximum atomic E-state index is 10.4. The predicted octanol–water partition coefficient (Wildman–Crippen LogP) is 1.25. The van der Waals surface area contributed by atoms with Gasteiger partial charge in [-0.05, 0) is 24.3 Å². The van der Waals surface area contributed by atoms with Crippen LogP contribution in [0.3, 0.4) is 0 Å². The van der Waals surface area contributed by atoms with Gasteiger partial charge in [-0.3, -0.25) is 0 Å². The predicted molar refractivity (Wildman–Crippen MR) is 51.3 cm³/mol. The third kappa shape index (κ3) is 2.83.